The summed E-state index contributed by atoms with van der Waals surface area (Å²) in [5, 5.41) is 3.73. The van der Waals surface area contributed by atoms with Crippen LogP contribution in [0.4, 0.5) is 5.69 Å². The van der Waals surface area contributed by atoms with Crippen LogP contribution in [0.1, 0.15) is 23.5 Å². The van der Waals surface area contributed by atoms with E-state index in [-0.39, 0.29) is 17.7 Å². The van der Waals surface area contributed by atoms with Crippen molar-refractivity contribution >= 4 is 23.2 Å². The van der Waals surface area contributed by atoms with Gasteiger partial charge in [0.1, 0.15) is 0 Å². The topological polar surface area (TPSA) is 29.1 Å². The van der Waals surface area contributed by atoms with E-state index in [0.717, 1.165) is 28.3 Å². The maximum Gasteiger partial charge on any atom is 0.228 e. The molecule has 3 heteroatoms. The quantitative estimate of drug-likeness (QED) is 0.890. The lowest BCUT2D eigenvalue weighted by atomic mass is 10.1. The van der Waals surface area contributed by atoms with Gasteiger partial charge in [0.25, 0.3) is 0 Å². The first kappa shape index (κ1) is 13.2. The summed E-state index contributed by atoms with van der Waals surface area (Å²) in [6.07, 6.45) is 0.876. The molecule has 1 aliphatic rings. The predicted octanol–water partition coefficient (Wildman–Crippen LogP) is 4.39. The number of rotatable bonds is 3. The Morgan fingerprint density at radius 3 is 2.75 bits per heavy atom. The van der Waals surface area contributed by atoms with Gasteiger partial charge in [0.05, 0.1) is 0 Å². The van der Waals surface area contributed by atoms with Crippen molar-refractivity contribution in [3.63, 3.8) is 0 Å². The second-order valence-electron chi connectivity index (χ2n) is 5.33. The van der Waals surface area contributed by atoms with Gasteiger partial charge in [-0.25, -0.2) is 0 Å². The van der Waals surface area contributed by atoms with Gasteiger partial charge in [0, 0.05) is 16.6 Å². The third-order valence-corrected chi connectivity index (χ3v) is 4.06. The summed E-state index contributed by atoms with van der Waals surface area (Å²) in [4.78, 5) is 12.2. The second kappa shape index (κ2) is 5.29. The summed E-state index contributed by atoms with van der Waals surface area (Å²) < 4.78 is 0. The Morgan fingerprint density at radius 2 is 2.00 bits per heavy atom. The summed E-state index contributed by atoms with van der Waals surface area (Å²) in [6, 6.07) is 15.6. The van der Waals surface area contributed by atoms with Crippen molar-refractivity contribution in [2.24, 2.45) is 5.92 Å². The molecular formula is C17H16ClNO. The fourth-order valence-electron chi connectivity index (χ4n) is 2.56. The smallest absolute Gasteiger partial charge is 0.228 e. The minimum atomic E-state index is 0.0374. The van der Waals surface area contributed by atoms with Crippen molar-refractivity contribution in [3.8, 4) is 0 Å². The number of benzene rings is 2. The second-order valence-corrected chi connectivity index (χ2v) is 5.74. The van der Waals surface area contributed by atoms with Crippen LogP contribution in [0.25, 0.3) is 0 Å². The molecule has 3 rings (SSSR count). The first-order valence-electron chi connectivity index (χ1n) is 6.77. The van der Waals surface area contributed by atoms with Gasteiger partial charge in [-0.2, -0.15) is 0 Å². The molecular weight excluding hydrogens is 270 g/mol. The molecule has 2 aromatic rings. The van der Waals surface area contributed by atoms with Gasteiger partial charge in [-0.1, -0.05) is 41.9 Å². The maximum atomic E-state index is 12.2. The lowest BCUT2D eigenvalue weighted by molar-refractivity contribution is -0.117. The molecule has 2 nitrogen and oxygen atoms in total. The van der Waals surface area contributed by atoms with E-state index in [1.165, 1.54) is 0 Å². The zero-order valence-corrected chi connectivity index (χ0v) is 12.0. The van der Waals surface area contributed by atoms with E-state index in [4.69, 9.17) is 11.6 Å². The first-order chi connectivity index (χ1) is 9.65. The minimum Gasteiger partial charge on any atom is -0.326 e. The lowest BCUT2D eigenvalue weighted by Gasteiger charge is -2.06. The van der Waals surface area contributed by atoms with E-state index in [2.05, 4.69) is 5.32 Å². The highest BCUT2D eigenvalue weighted by Gasteiger charge is 2.44. The lowest BCUT2D eigenvalue weighted by Crippen LogP contribution is -2.14. The molecule has 0 aromatic heterocycles. The fourth-order valence-corrected chi connectivity index (χ4v) is 2.84. The summed E-state index contributed by atoms with van der Waals surface area (Å²) in [7, 11) is 0. The number of halogens is 1. The van der Waals surface area contributed by atoms with Gasteiger partial charge in [0.15, 0.2) is 0 Å². The molecule has 102 valence electrons. The monoisotopic (exact) mass is 285 g/mol. The number of aryl methyl sites for hydroxylation is 1. The molecule has 0 bridgehead atoms. The summed E-state index contributed by atoms with van der Waals surface area (Å²) >= 11 is 6.18. The van der Waals surface area contributed by atoms with Gasteiger partial charge in [0.2, 0.25) is 5.91 Å². The molecule has 2 atom stereocenters. The predicted molar refractivity (Wildman–Crippen MR) is 82.1 cm³/mol. The fraction of sp³-hybridized carbons (Fsp3) is 0.235. The number of hydrogen-bond donors (Lipinski definition) is 1. The number of nitrogens with one attached hydrogen (secondary N) is 1. The molecule has 20 heavy (non-hydrogen) atoms. The average molecular weight is 286 g/mol. The van der Waals surface area contributed by atoms with E-state index in [1.54, 1.807) is 0 Å². The normalized spacial score (nSPS) is 20.5. The molecule has 0 radical (unpaired) electrons. The van der Waals surface area contributed by atoms with Crippen molar-refractivity contribution in [1.82, 2.24) is 0 Å². The number of amides is 1. The average Bonchev–Trinajstić information content (AvgIpc) is 3.19. The van der Waals surface area contributed by atoms with E-state index in [1.807, 2.05) is 55.5 Å². The number of carbonyl (C=O) groups is 1. The zero-order chi connectivity index (χ0) is 14.1. The van der Waals surface area contributed by atoms with Crippen molar-refractivity contribution in [3.05, 3.63) is 64.7 Å². The van der Waals surface area contributed by atoms with Crippen LogP contribution in [0, 0.1) is 12.8 Å². The first-order valence-corrected chi connectivity index (χ1v) is 7.15. The Balaban J connectivity index is 1.68. The highest BCUT2D eigenvalue weighted by atomic mass is 35.5. The van der Waals surface area contributed by atoms with Crippen LogP contribution < -0.4 is 5.32 Å². The Labute approximate surface area is 123 Å². The van der Waals surface area contributed by atoms with Gasteiger partial charge in [-0.3, -0.25) is 4.79 Å². The van der Waals surface area contributed by atoms with E-state index >= 15 is 0 Å². The summed E-state index contributed by atoms with van der Waals surface area (Å²) in [5.74, 6) is 0.379. The zero-order valence-electron chi connectivity index (χ0n) is 11.3. The van der Waals surface area contributed by atoms with Crippen molar-refractivity contribution in [2.75, 3.05) is 5.32 Å². The maximum absolute atomic E-state index is 12.2. The van der Waals surface area contributed by atoms with Crippen LogP contribution >= 0.6 is 11.6 Å². The molecule has 1 amide bonds. The van der Waals surface area contributed by atoms with Crippen molar-refractivity contribution in [1.29, 1.82) is 0 Å². The molecule has 2 unspecified atom stereocenters. The third-order valence-electron chi connectivity index (χ3n) is 3.72. The molecule has 0 aliphatic heterocycles. The number of carbonyl (C=O) groups excluding carboxylic acids is 1. The highest BCUT2D eigenvalue weighted by molar-refractivity contribution is 6.31. The van der Waals surface area contributed by atoms with E-state index < -0.39 is 0 Å². The van der Waals surface area contributed by atoms with Gasteiger partial charge < -0.3 is 5.32 Å². The SMILES string of the molecule is Cc1cccc(NC(=O)C2CC2c2ccccc2Cl)c1. The molecule has 1 N–H and O–H groups in total. The molecule has 1 saturated carbocycles. The third kappa shape index (κ3) is 2.70. The molecule has 1 fully saturated rings. The molecule has 2 aromatic carbocycles. The largest absolute Gasteiger partial charge is 0.326 e. The Bertz CT molecular complexity index is 653. The Hall–Kier alpha value is -1.80. The number of hydrogen-bond acceptors (Lipinski definition) is 1. The molecule has 0 heterocycles. The number of anilines is 1. The van der Waals surface area contributed by atoms with Gasteiger partial charge >= 0.3 is 0 Å². The van der Waals surface area contributed by atoms with Crippen LogP contribution in [0.3, 0.4) is 0 Å². The standard InChI is InChI=1S/C17H16ClNO/c1-11-5-4-6-12(9-11)19-17(20)15-10-14(15)13-7-2-3-8-16(13)18/h2-9,14-15H,10H2,1H3,(H,19,20). The highest BCUT2D eigenvalue weighted by Crippen LogP contribution is 2.49. The molecule has 1 aliphatic carbocycles. The van der Waals surface area contributed by atoms with Crippen molar-refractivity contribution < 1.29 is 4.79 Å². The van der Waals surface area contributed by atoms with Gasteiger partial charge in [-0.15, -0.1) is 0 Å². The van der Waals surface area contributed by atoms with Crippen LogP contribution in [-0.4, -0.2) is 5.91 Å². The summed E-state index contributed by atoms with van der Waals surface area (Å²) in [5.41, 5.74) is 3.08. The van der Waals surface area contributed by atoms with Gasteiger partial charge in [-0.05, 0) is 48.6 Å². The summed E-state index contributed by atoms with van der Waals surface area (Å²) in [6.45, 7) is 2.01. The molecule has 0 spiro atoms. The Morgan fingerprint density at radius 1 is 1.20 bits per heavy atom. The van der Waals surface area contributed by atoms with Crippen LogP contribution in [0.15, 0.2) is 48.5 Å². The van der Waals surface area contributed by atoms with Crippen LogP contribution in [-0.2, 0) is 4.79 Å². The van der Waals surface area contributed by atoms with E-state index in [9.17, 15) is 4.79 Å². The van der Waals surface area contributed by atoms with Crippen LogP contribution in [0.2, 0.25) is 5.02 Å². The van der Waals surface area contributed by atoms with Crippen molar-refractivity contribution in [2.45, 2.75) is 19.3 Å². The van der Waals surface area contributed by atoms with E-state index in [0.29, 0.717) is 0 Å². The van der Waals surface area contributed by atoms with Crippen LogP contribution in [0.5, 0.6) is 0 Å². The minimum absolute atomic E-state index is 0.0374. The Kier molecular flexibility index (Phi) is 3.49. The molecule has 0 saturated heterocycles.